The summed E-state index contributed by atoms with van der Waals surface area (Å²) >= 11 is 0. The number of rotatable bonds is 2. The highest BCUT2D eigenvalue weighted by Gasteiger charge is 2.33. The van der Waals surface area contributed by atoms with Crippen molar-refractivity contribution >= 4 is 5.70 Å². The van der Waals surface area contributed by atoms with Gasteiger partial charge in [-0.3, -0.25) is 0 Å². The zero-order valence-corrected chi connectivity index (χ0v) is 12.5. The third kappa shape index (κ3) is 2.63. The Kier molecular flexibility index (Phi) is 4.61. The fourth-order valence-corrected chi connectivity index (χ4v) is 2.68. The van der Waals surface area contributed by atoms with E-state index in [4.69, 9.17) is 0 Å². The summed E-state index contributed by atoms with van der Waals surface area (Å²) in [6.45, 7) is 0. The normalized spacial score (nSPS) is 22.2. The smallest absolute Gasteiger partial charge is 0.155 e. The summed E-state index contributed by atoms with van der Waals surface area (Å²) in [6, 6.07) is 21.6. The van der Waals surface area contributed by atoms with E-state index in [1.807, 2.05) is 0 Å². The zero-order valence-electron chi connectivity index (χ0n) is 11.8. The maximum absolute atomic E-state index is 2.36. The second-order valence-electron chi connectivity index (χ2n) is 5.00. The summed E-state index contributed by atoms with van der Waals surface area (Å²) in [5, 5.41) is 3.68. The van der Waals surface area contributed by atoms with Crippen molar-refractivity contribution in [3.8, 4) is 0 Å². The topological polar surface area (TPSA) is 7.68 Å². The Morgan fingerprint density at radius 1 is 0.900 bits per heavy atom. The molecule has 20 heavy (non-hydrogen) atoms. The first-order valence-corrected chi connectivity index (χ1v) is 6.66. The second kappa shape index (κ2) is 6.23. The second-order valence-corrected chi connectivity index (χ2v) is 5.00. The number of likely N-dealkylation sites (N-methyl/N-ethyl adjacent to an activating group) is 1. The van der Waals surface area contributed by atoms with E-state index < -0.39 is 0 Å². The van der Waals surface area contributed by atoms with E-state index in [0.29, 0.717) is 6.04 Å². The zero-order chi connectivity index (χ0) is 13.2. The molecule has 0 saturated heterocycles. The first kappa shape index (κ1) is 14.8. The van der Waals surface area contributed by atoms with Gasteiger partial charge in [0.25, 0.3) is 0 Å². The highest BCUT2D eigenvalue weighted by Crippen LogP contribution is 2.26. The molecule has 2 unspecified atom stereocenters. The number of halogens is 1. The van der Waals surface area contributed by atoms with Gasteiger partial charge in [-0.05, 0) is 17.7 Å². The van der Waals surface area contributed by atoms with E-state index in [9.17, 15) is 0 Å². The minimum absolute atomic E-state index is 0. The molecule has 0 saturated carbocycles. The molecular weight excluding hydrogens is 268 g/mol. The molecule has 0 bridgehead atoms. The van der Waals surface area contributed by atoms with E-state index in [2.05, 4.69) is 85.8 Å². The van der Waals surface area contributed by atoms with Crippen molar-refractivity contribution in [2.45, 2.75) is 6.04 Å². The summed E-state index contributed by atoms with van der Waals surface area (Å²) in [7, 11) is 4.36. The number of quaternary nitrogens is 1. The van der Waals surface area contributed by atoms with Gasteiger partial charge in [0.05, 0.1) is 7.05 Å². The van der Waals surface area contributed by atoms with Gasteiger partial charge in [0.2, 0.25) is 0 Å². The van der Waals surface area contributed by atoms with Gasteiger partial charge < -0.3 is 12.4 Å². The van der Waals surface area contributed by atoms with E-state index in [-0.39, 0.29) is 12.4 Å². The van der Waals surface area contributed by atoms with Crippen molar-refractivity contribution in [2.75, 3.05) is 14.1 Å². The van der Waals surface area contributed by atoms with Crippen LogP contribution in [0.3, 0.4) is 0 Å². The van der Waals surface area contributed by atoms with Crippen LogP contribution >= 0.6 is 0 Å². The Hall–Kier alpha value is -1.61. The molecule has 0 aliphatic carbocycles. The van der Waals surface area contributed by atoms with Crippen molar-refractivity contribution in [1.82, 2.24) is 5.01 Å². The Morgan fingerprint density at radius 2 is 1.45 bits per heavy atom. The van der Waals surface area contributed by atoms with Crippen LogP contribution in [0.25, 0.3) is 5.70 Å². The number of benzene rings is 2. The third-order valence-corrected chi connectivity index (χ3v) is 3.89. The van der Waals surface area contributed by atoms with Crippen LogP contribution in [0.15, 0.2) is 66.7 Å². The number of hydrogen-bond acceptors (Lipinski definition) is 1. The van der Waals surface area contributed by atoms with Crippen LogP contribution in [0.5, 0.6) is 0 Å². The van der Waals surface area contributed by atoms with Gasteiger partial charge in [0.15, 0.2) is 5.70 Å². The van der Waals surface area contributed by atoms with E-state index in [1.54, 1.807) is 0 Å². The van der Waals surface area contributed by atoms with Crippen molar-refractivity contribution in [2.24, 2.45) is 0 Å². The first-order valence-electron chi connectivity index (χ1n) is 6.66. The van der Waals surface area contributed by atoms with Crippen molar-refractivity contribution in [3.63, 3.8) is 0 Å². The predicted octanol–water partition coefficient (Wildman–Crippen LogP) is -0.852. The standard InChI is InChI=1S/C17H18N2.ClH/c1-18-16(14-9-5-3-6-10-14)13-17(19(18)2)15-11-7-4-8-12-15;/h3-13,16H,1-2H3;1H. The molecule has 0 amide bonds. The summed E-state index contributed by atoms with van der Waals surface area (Å²) in [5.41, 5.74) is 3.98. The molecule has 1 aliphatic rings. The van der Waals surface area contributed by atoms with Crippen LogP contribution in [-0.2, 0) is 0 Å². The molecule has 3 rings (SSSR count). The van der Waals surface area contributed by atoms with Crippen molar-refractivity contribution in [3.05, 3.63) is 77.9 Å². The van der Waals surface area contributed by atoms with Gasteiger partial charge in [0.1, 0.15) is 6.04 Å². The van der Waals surface area contributed by atoms with Gasteiger partial charge in [-0.25, -0.2) is 5.01 Å². The lowest BCUT2D eigenvalue weighted by Crippen LogP contribution is -3.10. The Morgan fingerprint density at radius 3 is 2.05 bits per heavy atom. The van der Waals surface area contributed by atoms with Gasteiger partial charge in [-0.1, -0.05) is 48.5 Å². The minimum atomic E-state index is 0. The molecular formula is C17H19ClN2. The molecule has 2 aromatic carbocycles. The molecule has 2 nitrogen and oxygen atoms in total. The lowest BCUT2D eigenvalue weighted by Gasteiger charge is -2.23. The average molecular weight is 287 g/mol. The minimum Gasteiger partial charge on any atom is -1.00 e. The molecule has 1 heterocycles. The summed E-state index contributed by atoms with van der Waals surface area (Å²) < 4.78 is 0. The van der Waals surface area contributed by atoms with Crippen LogP contribution in [0.2, 0.25) is 0 Å². The van der Waals surface area contributed by atoms with E-state index in [1.165, 1.54) is 21.8 Å². The Balaban J connectivity index is 0.00000147. The quantitative estimate of drug-likeness (QED) is 0.756. The fourth-order valence-electron chi connectivity index (χ4n) is 2.68. The molecule has 1 aliphatic heterocycles. The molecule has 0 fully saturated rings. The van der Waals surface area contributed by atoms with Gasteiger partial charge in [0, 0.05) is 18.7 Å². The van der Waals surface area contributed by atoms with Gasteiger partial charge in [-0.15, -0.1) is 5.01 Å². The van der Waals surface area contributed by atoms with Crippen LogP contribution in [-0.4, -0.2) is 19.1 Å². The van der Waals surface area contributed by atoms with Crippen LogP contribution < -0.4 is 17.4 Å². The summed E-state index contributed by atoms with van der Waals surface area (Å²) in [6.07, 6.45) is 2.36. The van der Waals surface area contributed by atoms with E-state index >= 15 is 0 Å². The molecule has 3 heteroatoms. The monoisotopic (exact) mass is 286 g/mol. The molecule has 0 aromatic heterocycles. The first-order chi connectivity index (χ1) is 9.27. The summed E-state index contributed by atoms with van der Waals surface area (Å²) in [5.74, 6) is 0. The molecule has 0 radical (unpaired) electrons. The fraction of sp³-hybridized carbons (Fsp3) is 0.176. The van der Waals surface area contributed by atoms with Crippen LogP contribution in [0, 0.1) is 0 Å². The maximum atomic E-state index is 2.36. The lowest BCUT2D eigenvalue weighted by atomic mass is 10.1. The lowest BCUT2D eigenvalue weighted by molar-refractivity contribution is -0.928. The van der Waals surface area contributed by atoms with Gasteiger partial charge in [-0.2, -0.15) is 0 Å². The molecule has 2 atom stereocenters. The largest absolute Gasteiger partial charge is 1.00 e. The van der Waals surface area contributed by atoms with Crippen LogP contribution in [0.4, 0.5) is 0 Å². The molecule has 2 aromatic rings. The van der Waals surface area contributed by atoms with Gasteiger partial charge >= 0.3 is 0 Å². The number of nitrogens with zero attached hydrogens (tertiary/aromatic N) is 1. The number of hydrogen-bond donors (Lipinski definition) is 1. The van der Waals surface area contributed by atoms with E-state index in [0.717, 1.165) is 0 Å². The summed E-state index contributed by atoms with van der Waals surface area (Å²) in [4.78, 5) is 0. The molecule has 1 N–H and O–H groups in total. The average Bonchev–Trinajstić information content (AvgIpc) is 2.77. The Bertz CT molecular complexity index is 580. The number of nitrogens with one attached hydrogen (secondary N) is 1. The Labute approximate surface area is 126 Å². The SMILES string of the molecule is CN1C(c2ccccc2)C=C(c2ccccc2)[NH+]1C.[Cl-]. The maximum Gasteiger partial charge on any atom is 0.155 e. The predicted molar refractivity (Wildman–Crippen MR) is 78.3 cm³/mol. The highest BCUT2D eigenvalue weighted by molar-refractivity contribution is 5.60. The highest BCUT2D eigenvalue weighted by atomic mass is 35.5. The van der Waals surface area contributed by atoms with Crippen LogP contribution in [0.1, 0.15) is 17.2 Å². The van der Waals surface area contributed by atoms with Crippen molar-refractivity contribution in [1.29, 1.82) is 0 Å². The van der Waals surface area contributed by atoms with Crippen molar-refractivity contribution < 1.29 is 17.4 Å². The third-order valence-electron chi connectivity index (χ3n) is 3.89. The molecule has 104 valence electrons. The molecule has 0 spiro atoms.